The van der Waals surface area contributed by atoms with Crippen molar-refractivity contribution < 1.29 is 14.3 Å². The quantitative estimate of drug-likeness (QED) is 0.825. The number of rotatable bonds is 6. The van der Waals surface area contributed by atoms with Crippen LogP contribution < -0.4 is 10.1 Å². The van der Waals surface area contributed by atoms with Crippen molar-refractivity contribution in [1.29, 1.82) is 0 Å². The van der Waals surface area contributed by atoms with Gasteiger partial charge < -0.3 is 15.0 Å². The Morgan fingerprint density at radius 2 is 1.79 bits per heavy atom. The number of nitrogens with one attached hydrogen (secondary N) is 1. The van der Waals surface area contributed by atoms with Gasteiger partial charge in [0.2, 0.25) is 0 Å². The molecule has 0 saturated carbocycles. The number of likely N-dealkylation sites (N-methyl/N-ethyl adjacent to an activating group) is 1. The molecule has 0 unspecified atom stereocenters. The second kappa shape index (κ2) is 8.67. The second-order valence-corrected chi connectivity index (χ2v) is 5.17. The maximum absolute atomic E-state index is 12.3. The van der Waals surface area contributed by atoms with Crippen LogP contribution in [-0.4, -0.2) is 41.9 Å². The molecule has 2 aromatic rings. The van der Waals surface area contributed by atoms with Crippen molar-refractivity contribution in [1.82, 2.24) is 9.88 Å². The van der Waals surface area contributed by atoms with Gasteiger partial charge in [-0.1, -0.05) is 0 Å². The largest absolute Gasteiger partial charge is 0.497 e. The van der Waals surface area contributed by atoms with Crippen LogP contribution in [0, 0.1) is 0 Å². The molecule has 0 radical (unpaired) electrons. The van der Waals surface area contributed by atoms with Gasteiger partial charge in [-0.05, 0) is 55.3 Å². The second-order valence-electron chi connectivity index (χ2n) is 5.17. The molecule has 0 fully saturated rings. The number of benzene rings is 1. The number of anilines is 1. The predicted molar refractivity (Wildman–Crippen MR) is 91.8 cm³/mol. The lowest BCUT2D eigenvalue weighted by Gasteiger charge is -2.20. The molecular weight excluding hydrogens is 306 g/mol. The van der Waals surface area contributed by atoms with Crippen molar-refractivity contribution in [2.45, 2.75) is 13.3 Å². The smallest absolute Gasteiger partial charge is 0.313 e. The normalized spacial score (nSPS) is 10.1. The van der Waals surface area contributed by atoms with Crippen molar-refractivity contribution in [3.05, 3.63) is 54.4 Å². The zero-order valence-electron chi connectivity index (χ0n) is 13.9. The number of methoxy groups -OCH3 is 1. The Labute approximate surface area is 141 Å². The summed E-state index contributed by atoms with van der Waals surface area (Å²) in [7, 11) is 1.57. The van der Waals surface area contributed by atoms with Crippen molar-refractivity contribution >= 4 is 17.5 Å². The van der Waals surface area contributed by atoms with E-state index >= 15 is 0 Å². The van der Waals surface area contributed by atoms with Gasteiger partial charge in [-0.15, -0.1) is 0 Å². The van der Waals surface area contributed by atoms with Crippen LogP contribution in [0.1, 0.15) is 12.5 Å². The molecule has 0 aliphatic carbocycles. The molecule has 2 rings (SSSR count). The van der Waals surface area contributed by atoms with Gasteiger partial charge in [0.25, 0.3) is 0 Å². The van der Waals surface area contributed by atoms with Crippen LogP contribution in [-0.2, 0) is 16.0 Å². The molecule has 0 aliphatic rings. The first-order chi connectivity index (χ1) is 11.6. The van der Waals surface area contributed by atoms with E-state index in [9.17, 15) is 9.59 Å². The summed E-state index contributed by atoms with van der Waals surface area (Å²) < 4.78 is 5.06. The summed E-state index contributed by atoms with van der Waals surface area (Å²) in [4.78, 5) is 29.9. The molecule has 0 saturated heterocycles. The first kappa shape index (κ1) is 17.5. The number of aromatic nitrogens is 1. The van der Waals surface area contributed by atoms with Gasteiger partial charge in [-0.3, -0.25) is 14.6 Å². The number of carbonyl (C=O) groups is 2. The zero-order chi connectivity index (χ0) is 17.4. The van der Waals surface area contributed by atoms with Crippen molar-refractivity contribution in [3.8, 4) is 5.75 Å². The van der Waals surface area contributed by atoms with Crippen molar-refractivity contribution in [2.24, 2.45) is 0 Å². The lowest BCUT2D eigenvalue weighted by molar-refractivity contribution is -0.143. The van der Waals surface area contributed by atoms with Gasteiger partial charge >= 0.3 is 11.8 Å². The fourth-order valence-electron chi connectivity index (χ4n) is 2.22. The average molecular weight is 327 g/mol. The summed E-state index contributed by atoms with van der Waals surface area (Å²) in [6.07, 6.45) is 4.10. The predicted octanol–water partition coefficient (Wildman–Crippen LogP) is 2.12. The third-order valence-electron chi connectivity index (χ3n) is 3.63. The zero-order valence-corrected chi connectivity index (χ0v) is 13.9. The molecule has 2 amide bonds. The third-order valence-corrected chi connectivity index (χ3v) is 3.63. The van der Waals surface area contributed by atoms with Crippen LogP contribution in [0.5, 0.6) is 5.75 Å². The molecular formula is C18H21N3O3. The Kier molecular flexibility index (Phi) is 6.31. The van der Waals surface area contributed by atoms with Gasteiger partial charge in [-0.2, -0.15) is 0 Å². The molecule has 1 aromatic heterocycles. The molecule has 1 aromatic carbocycles. The van der Waals surface area contributed by atoms with Gasteiger partial charge in [0.1, 0.15) is 5.75 Å². The highest BCUT2D eigenvalue weighted by Crippen LogP contribution is 2.15. The maximum Gasteiger partial charge on any atom is 0.313 e. The minimum absolute atomic E-state index is 0.472. The Morgan fingerprint density at radius 1 is 1.12 bits per heavy atom. The van der Waals surface area contributed by atoms with Crippen molar-refractivity contribution in [2.75, 3.05) is 25.5 Å². The Morgan fingerprint density at radius 3 is 2.38 bits per heavy atom. The molecule has 126 valence electrons. The van der Waals surface area contributed by atoms with Crippen LogP contribution >= 0.6 is 0 Å². The minimum Gasteiger partial charge on any atom is -0.497 e. The van der Waals surface area contributed by atoms with Gasteiger partial charge in [0, 0.05) is 31.2 Å². The monoisotopic (exact) mass is 327 g/mol. The average Bonchev–Trinajstić information content (AvgIpc) is 2.63. The van der Waals surface area contributed by atoms with Gasteiger partial charge in [0.15, 0.2) is 0 Å². The van der Waals surface area contributed by atoms with Gasteiger partial charge in [-0.25, -0.2) is 0 Å². The minimum atomic E-state index is -0.642. The summed E-state index contributed by atoms with van der Waals surface area (Å²) in [6.45, 7) is 2.81. The summed E-state index contributed by atoms with van der Waals surface area (Å²) in [6, 6.07) is 10.6. The maximum atomic E-state index is 12.3. The topological polar surface area (TPSA) is 71.5 Å². The molecule has 0 spiro atoms. The number of nitrogens with zero attached hydrogens (tertiary/aromatic N) is 2. The highest BCUT2D eigenvalue weighted by Gasteiger charge is 2.20. The molecule has 1 N–H and O–H groups in total. The Hall–Kier alpha value is -2.89. The SMILES string of the molecule is CCN(CCc1ccncc1)C(=O)C(=O)Nc1ccc(OC)cc1. The standard InChI is InChI=1S/C18H21N3O3/c1-3-21(13-10-14-8-11-19-12-9-14)18(23)17(22)20-15-4-6-16(24-2)7-5-15/h4-9,11-12H,3,10,13H2,1-2H3,(H,20,22). The van der Waals surface area contributed by atoms with E-state index in [1.54, 1.807) is 43.8 Å². The number of ether oxygens (including phenoxy) is 1. The number of pyridine rings is 1. The van der Waals surface area contributed by atoms with E-state index in [-0.39, 0.29) is 0 Å². The summed E-state index contributed by atoms with van der Waals surface area (Å²) in [5.74, 6) is -0.494. The lowest BCUT2D eigenvalue weighted by atomic mass is 10.2. The molecule has 1 heterocycles. The van der Waals surface area contributed by atoms with E-state index < -0.39 is 11.8 Å². The fourth-order valence-corrected chi connectivity index (χ4v) is 2.22. The summed E-state index contributed by atoms with van der Waals surface area (Å²) in [5.41, 5.74) is 1.63. The van der Waals surface area contributed by atoms with E-state index in [1.165, 1.54) is 4.90 Å². The highest BCUT2D eigenvalue weighted by atomic mass is 16.5. The van der Waals surface area contributed by atoms with Crippen LogP contribution in [0.3, 0.4) is 0 Å². The number of hydrogen-bond acceptors (Lipinski definition) is 4. The van der Waals surface area contributed by atoms with E-state index in [0.29, 0.717) is 30.9 Å². The van der Waals surface area contributed by atoms with Crippen LogP contribution in [0.15, 0.2) is 48.8 Å². The number of carbonyl (C=O) groups excluding carboxylic acids is 2. The molecule has 6 nitrogen and oxygen atoms in total. The Balaban J connectivity index is 1.92. The fraction of sp³-hybridized carbons (Fsp3) is 0.278. The number of amides is 2. The summed E-state index contributed by atoms with van der Waals surface area (Å²) in [5, 5.41) is 2.61. The first-order valence-electron chi connectivity index (χ1n) is 7.77. The first-order valence-corrected chi connectivity index (χ1v) is 7.77. The molecule has 0 atom stereocenters. The van der Waals surface area contributed by atoms with Crippen LogP contribution in [0.4, 0.5) is 5.69 Å². The molecule has 6 heteroatoms. The molecule has 0 bridgehead atoms. The summed E-state index contributed by atoms with van der Waals surface area (Å²) >= 11 is 0. The Bertz CT molecular complexity index is 672. The highest BCUT2D eigenvalue weighted by molar-refractivity contribution is 6.39. The molecule has 0 aliphatic heterocycles. The third kappa shape index (κ3) is 4.81. The van der Waals surface area contributed by atoms with E-state index in [1.807, 2.05) is 19.1 Å². The van der Waals surface area contributed by atoms with E-state index in [4.69, 9.17) is 4.74 Å². The van der Waals surface area contributed by atoms with Crippen LogP contribution in [0.2, 0.25) is 0 Å². The number of hydrogen-bond donors (Lipinski definition) is 1. The van der Waals surface area contributed by atoms with Crippen LogP contribution in [0.25, 0.3) is 0 Å². The van der Waals surface area contributed by atoms with Crippen molar-refractivity contribution in [3.63, 3.8) is 0 Å². The van der Waals surface area contributed by atoms with E-state index in [2.05, 4.69) is 10.3 Å². The molecule has 24 heavy (non-hydrogen) atoms. The lowest BCUT2D eigenvalue weighted by Crippen LogP contribution is -2.40. The van der Waals surface area contributed by atoms with E-state index in [0.717, 1.165) is 5.56 Å². The van der Waals surface area contributed by atoms with Gasteiger partial charge in [0.05, 0.1) is 7.11 Å².